The van der Waals surface area contributed by atoms with Crippen LogP contribution < -0.4 is 5.32 Å². The van der Waals surface area contributed by atoms with Gasteiger partial charge in [0.05, 0.1) is 11.8 Å². The van der Waals surface area contributed by atoms with Crippen molar-refractivity contribution in [1.82, 2.24) is 10.2 Å². The van der Waals surface area contributed by atoms with E-state index in [1.165, 1.54) is 4.90 Å². The van der Waals surface area contributed by atoms with Crippen LogP contribution in [0.25, 0.3) is 0 Å². The van der Waals surface area contributed by atoms with E-state index in [4.69, 9.17) is 5.11 Å². The average molecular weight is 240 g/mol. The second kappa shape index (κ2) is 4.35. The van der Waals surface area contributed by atoms with E-state index in [0.717, 1.165) is 0 Å². The molecule has 1 heterocycles. The third-order valence-electron chi connectivity index (χ3n) is 3.43. The number of aliphatic carboxylic acids is 1. The SMILES string of the molecule is CC[C@@H]1C(=O)NCCN1C(=O)[C@@H]1C[C@H]1C(=O)O. The molecule has 1 saturated carbocycles. The van der Waals surface area contributed by atoms with Gasteiger partial charge in [-0.3, -0.25) is 14.4 Å². The van der Waals surface area contributed by atoms with Crippen molar-refractivity contribution in [2.45, 2.75) is 25.8 Å². The van der Waals surface area contributed by atoms with Gasteiger partial charge in [0.1, 0.15) is 6.04 Å². The van der Waals surface area contributed by atoms with Gasteiger partial charge < -0.3 is 15.3 Å². The van der Waals surface area contributed by atoms with E-state index in [-0.39, 0.29) is 11.8 Å². The Hall–Kier alpha value is -1.59. The van der Waals surface area contributed by atoms with Crippen molar-refractivity contribution in [1.29, 1.82) is 0 Å². The molecular formula is C11H16N2O4. The number of hydrogen-bond donors (Lipinski definition) is 2. The summed E-state index contributed by atoms with van der Waals surface area (Å²) in [6.07, 6.45) is 0.963. The number of carbonyl (C=O) groups is 3. The molecule has 1 aliphatic heterocycles. The van der Waals surface area contributed by atoms with E-state index in [9.17, 15) is 14.4 Å². The third-order valence-corrected chi connectivity index (χ3v) is 3.43. The van der Waals surface area contributed by atoms with Gasteiger partial charge in [0.2, 0.25) is 11.8 Å². The van der Waals surface area contributed by atoms with Gasteiger partial charge in [-0.1, -0.05) is 6.92 Å². The Morgan fingerprint density at radius 3 is 2.71 bits per heavy atom. The van der Waals surface area contributed by atoms with E-state index in [1.54, 1.807) is 0 Å². The highest BCUT2D eigenvalue weighted by Gasteiger charge is 2.51. The molecule has 3 atom stereocenters. The Kier molecular flexibility index (Phi) is 3.04. The summed E-state index contributed by atoms with van der Waals surface area (Å²) in [7, 11) is 0. The molecular weight excluding hydrogens is 224 g/mol. The fourth-order valence-electron chi connectivity index (χ4n) is 2.34. The maximum Gasteiger partial charge on any atom is 0.307 e. The predicted octanol–water partition coefficient (Wildman–Crippen LogP) is -0.556. The van der Waals surface area contributed by atoms with Crippen LogP contribution in [0.2, 0.25) is 0 Å². The molecule has 6 nitrogen and oxygen atoms in total. The summed E-state index contributed by atoms with van der Waals surface area (Å²) < 4.78 is 0. The highest BCUT2D eigenvalue weighted by molar-refractivity contribution is 5.93. The lowest BCUT2D eigenvalue weighted by Gasteiger charge is -2.34. The molecule has 0 radical (unpaired) electrons. The Balaban J connectivity index is 2.03. The number of carboxylic acids is 1. The fourth-order valence-corrected chi connectivity index (χ4v) is 2.34. The van der Waals surface area contributed by atoms with Crippen molar-refractivity contribution < 1.29 is 19.5 Å². The quantitative estimate of drug-likeness (QED) is 0.692. The number of carbonyl (C=O) groups excluding carboxylic acids is 2. The van der Waals surface area contributed by atoms with Gasteiger partial charge in [0.15, 0.2) is 0 Å². The lowest BCUT2D eigenvalue weighted by Crippen LogP contribution is -2.57. The lowest BCUT2D eigenvalue weighted by molar-refractivity contribution is -0.146. The summed E-state index contributed by atoms with van der Waals surface area (Å²) in [5, 5.41) is 11.5. The van der Waals surface area contributed by atoms with E-state index >= 15 is 0 Å². The smallest absolute Gasteiger partial charge is 0.307 e. The fraction of sp³-hybridized carbons (Fsp3) is 0.727. The van der Waals surface area contributed by atoms with E-state index in [0.29, 0.717) is 25.9 Å². The van der Waals surface area contributed by atoms with Crippen LogP contribution >= 0.6 is 0 Å². The van der Waals surface area contributed by atoms with Gasteiger partial charge in [-0.15, -0.1) is 0 Å². The van der Waals surface area contributed by atoms with E-state index in [1.807, 2.05) is 6.92 Å². The largest absolute Gasteiger partial charge is 0.481 e. The van der Waals surface area contributed by atoms with Crippen LogP contribution in [0, 0.1) is 11.8 Å². The molecule has 0 aromatic heterocycles. The normalized spacial score (nSPS) is 31.9. The highest BCUT2D eigenvalue weighted by atomic mass is 16.4. The van der Waals surface area contributed by atoms with E-state index in [2.05, 4.69) is 5.32 Å². The Bertz CT molecular complexity index is 368. The number of rotatable bonds is 3. The second-order valence-corrected chi connectivity index (χ2v) is 4.53. The van der Waals surface area contributed by atoms with Crippen LogP contribution in [0.15, 0.2) is 0 Å². The van der Waals surface area contributed by atoms with Crippen LogP contribution in [0.5, 0.6) is 0 Å². The number of hydrogen-bond acceptors (Lipinski definition) is 3. The van der Waals surface area contributed by atoms with Crippen molar-refractivity contribution >= 4 is 17.8 Å². The molecule has 0 aromatic rings. The van der Waals surface area contributed by atoms with Crippen molar-refractivity contribution in [3.8, 4) is 0 Å². The van der Waals surface area contributed by atoms with Crippen molar-refractivity contribution in [3.05, 3.63) is 0 Å². The maximum atomic E-state index is 12.1. The van der Waals surface area contributed by atoms with E-state index < -0.39 is 23.8 Å². The van der Waals surface area contributed by atoms with Crippen molar-refractivity contribution in [2.75, 3.05) is 13.1 Å². The van der Waals surface area contributed by atoms with Crippen LogP contribution in [-0.4, -0.2) is 46.9 Å². The lowest BCUT2D eigenvalue weighted by atomic mass is 10.1. The molecule has 0 bridgehead atoms. The van der Waals surface area contributed by atoms with Crippen molar-refractivity contribution in [2.24, 2.45) is 11.8 Å². The Morgan fingerprint density at radius 2 is 2.18 bits per heavy atom. The van der Waals surface area contributed by atoms with Crippen LogP contribution in [0.3, 0.4) is 0 Å². The Morgan fingerprint density at radius 1 is 1.47 bits per heavy atom. The molecule has 1 saturated heterocycles. The summed E-state index contributed by atoms with van der Waals surface area (Å²) in [6.45, 7) is 2.77. The van der Waals surface area contributed by atoms with Crippen LogP contribution in [0.1, 0.15) is 19.8 Å². The monoisotopic (exact) mass is 240 g/mol. The first-order valence-corrected chi connectivity index (χ1v) is 5.87. The molecule has 0 spiro atoms. The molecule has 6 heteroatoms. The number of carboxylic acid groups (broad SMARTS) is 1. The molecule has 0 aromatic carbocycles. The third kappa shape index (κ3) is 2.11. The summed E-state index contributed by atoms with van der Waals surface area (Å²) in [5.74, 6) is -2.21. The molecule has 2 rings (SSSR count). The van der Waals surface area contributed by atoms with Gasteiger partial charge >= 0.3 is 5.97 Å². The molecule has 2 N–H and O–H groups in total. The molecule has 1 aliphatic carbocycles. The summed E-state index contributed by atoms with van der Waals surface area (Å²) >= 11 is 0. The number of nitrogens with zero attached hydrogens (tertiary/aromatic N) is 1. The minimum Gasteiger partial charge on any atom is -0.481 e. The van der Waals surface area contributed by atoms with Crippen LogP contribution in [-0.2, 0) is 14.4 Å². The molecule has 2 fully saturated rings. The first-order valence-electron chi connectivity index (χ1n) is 5.87. The molecule has 2 amide bonds. The number of nitrogens with one attached hydrogen (secondary N) is 1. The summed E-state index contributed by atoms with van der Waals surface area (Å²) in [5.41, 5.74) is 0. The van der Waals surface area contributed by atoms with Crippen molar-refractivity contribution in [3.63, 3.8) is 0 Å². The zero-order valence-electron chi connectivity index (χ0n) is 9.68. The average Bonchev–Trinajstić information content (AvgIpc) is 3.07. The van der Waals surface area contributed by atoms with Gasteiger partial charge in [-0.25, -0.2) is 0 Å². The Labute approximate surface area is 99.0 Å². The molecule has 94 valence electrons. The van der Waals surface area contributed by atoms with Crippen LogP contribution in [0.4, 0.5) is 0 Å². The van der Waals surface area contributed by atoms with Gasteiger partial charge in [-0.2, -0.15) is 0 Å². The number of piperazine rings is 1. The molecule has 0 unspecified atom stereocenters. The minimum atomic E-state index is -0.919. The first kappa shape index (κ1) is 11.9. The first-order chi connectivity index (χ1) is 8.06. The topological polar surface area (TPSA) is 86.7 Å². The summed E-state index contributed by atoms with van der Waals surface area (Å²) in [6, 6.07) is -0.439. The zero-order valence-corrected chi connectivity index (χ0v) is 9.68. The second-order valence-electron chi connectivity index (χ2n) is 4.53. The standard InChI is InChI=1S/C11H16N2O4/c1-2-8-9(14)12-3-4-13(8)10(15)6-5-7(6)11(16)17/h6-8H,2-5H2,1H3,(H,12,14)(H,16,17)/t6-,7-,8-/m1/s1. The predicted molar refractivity (Wildman–Crippen MR) is 58.0 cm³/mol. The highest BCUT2D eigenvalue weighted by Crippen LogP contribution is 2.40. The van der Waals surface area contributed by atoms with Gasteiger partial charge in [-0.05, 0) is 12.8 Å². The van der Waals surface area contributed by atoms with Gasteiger partial charge in [0, 0.05) is 13.1 Å². The number of amides is 2. The zero-order chi connectivity index (χ0) is 12.6. The van der Waals surface area contributed by atoms with Gasteiger partial charge in [0.25, 0.3) is 0 Å². The minimum absolute atomic E-state index is 0.139. The maximum absolute atomic E-state index is 12.1. The summed E-state index contributed by atoms with van der Waals surface area (Å²) in [4.78, 5) is 35.9. The molecule has 2 aliphatic rings. The molecule has 17 heavy (non-hydrogen) atoms.